The highest BCUT2D eigenvalue weighted by molar-refractivity contribution is 5.76. The van der Waals surface area contributed by atoms with Gasteiger partial charge in [0.15, 0.2) is 11.6 Å². The fourth-order valence-corrected chi connectivity index (χ4v) is 3.81. The van der Waals surface area contributed by atoms with Crippen molar-refractivity contribution in [2.45, 2.75) is 90.4 Å². The molecule has 0 aliphatic rings. The van der Waals surface area contributed by atoms with Crippen molar-refractivity contribution < 1.29 is 19.4 Å². The van der Waals surface area contributed by atoms with Gasteiger partial charge in [-0.3, -0.25) is 4.79 Å². The number of carbonyl (C=O) groups is 1. The number of unbranched alkanes of at least 4 members (excludes halogenated alkanes) is 7. The molecule has 1 N–H and O–H groups in total. The fraction of sp³-hybridized carbons (Fsp3) is 0.607. The quantitative estimate of drug-likeness (QED) is 0.222. The molecule has 0 fully saturated rings. The Morgan fingerprint density at radius 2 is 1.44 bits per heavy atom. The molecule has 1 heterocycles. The third-order valence-corrected chi connectivity index (χ3v) is 5.94. The van der Waals surface area contributed by atoms with Gasteiger partial charge in [0, 0.05) is 18.8 Å². The fourth-order valence-electron chi connectivity index (χ4n) is 3.81. The van der Waals surface area contributed by atoms with E-state index in [1.165, 1.54) is 25.7 Å². The number of ether oxygens (including phenoxy) is 2. The second-order valence-electron chi connectivity index (χ2n) is 8.83. The van der Waals surface area contributed by atoms with Crippen molar-refractivity contribution in [3.63, 3.8) is 0 Å². The number of aromatic nitrogens is 2. The summed E-state index contributed by atoms with van der Waals surface area (Å²) in [5.74, 6) is 0.0312. The van der Waals surface area contributed by atoms with Gasteiger partial charge in [-0.1, -0.05) is 83.1 Å². The van der Waals surface area contributed by atoms with Crippen molar-refractivity contribution in [1.82, 2.24) is 9.97 Å². The normalized spacial score (nSPS) is 11.9. The van der Waals surface area contributed by atoms with Crippen molar-refractivity contribution in [2.24, 2.45) is 0 Å². The van der Waals surface area contributed by atoms with E-state index in [4.69, 9.17) is 9.47 Å². The molecule has 1 unspecified atom stereocenters. The lowest BCUT2D eigenvalue weighted by Crippen LogP contribution is -2.11. The smallest absolute Gasteiger partial charge is 0.310 e. The van der Waals surface area contributed by atoms with Gasteiger partial charge in [0.25, 0.3) is 0 Å². The van der Waals surface area contributed by atoms with Crippen LogP contribution in [0.4, 0.5) is 0 Å². The Morgan fingerprint density at radius 1 is 0.824 bits per heavy atom. The minimum Gasteiger partial charge on any atom is -0.490 e. The van der Waals surface area contributed by atoms with E-state index in [2.05, 4.69) is 23.8 Å². The second kappa shape index (κ2) is 17.0. The first-order chi connectivity index (χ1) is 16.7. The predicted octanol–water partition coefficient (Wildman–Crippen LogP) is 7.04. The minimum absolute atomic E-state index is 0.464. The molecule has 34 heavy (non-hydrogen) atoms. The number of hydrogen-bond donors (Lipinski definition) is 1. The van der Waals surface area contributed by atoms with E-state index in [1.54, 1.807) is 12.4 Å². The monoisotopic (exact) mass is 470 g/mol. The number of carboxylic acid groups (broad SMARTS) is 1. The Hall–Kier alpha value is -2.47. The van der Waals surface area contributed by atoms with Crippen molar-refractivity contribution in [3.05, 3.63) is 42.2 Å². The summed E-state index contributed by atoms with van der Waals surface area (Å²) < 4.78 is 11.3. The van der Waals surface area contributed by atoms with Gasteiger partial charge in [-0.05, 0) is 31.2 Å². The molecule has 1 atom stereocenters. The van der Waals surface area contributed by atoms with Crippen molar-refractivity contribution in [3.8, 4) is 17.1 Å². The van der Waals surface area contributed by atoms with E-state index in [0.29, 0.717) is 24.6 Å². The minimum atomic E-state index is -0.758. The number of benzene rings is 1. The lowest BCUT2D eigenvalue weighted by atomic mass is 9.92. The first kappa shape index (κ1) is 27.8. The Bertz CT molecular complexity index is 793. The molecule has 1 aromatic heterocycles. The average molecular weight is 471 g/mol. The maximum Gasteiger partial charge on any atom is 0.310 e. The molecule has 0 aliphatic heterocycles. The van der Waals surface area contributed by atoms with Gasteiger partial charge in [-0.25, -0.2) is 9.97 Å². The van der Waals surface area contributed by atoms with E-state index in [0.717, 1.165) is 62.9 Å². The summed E-state index contributed by atoms with van der Waals surface area (Å²) in [6.45, 7) is 6.59. The average Bonchev–Trinajstić information content (AvgIpc) is 2.85. The van der Waals surface area contributed by atoms with Gasteiger partial charge >= 0.3 is 5.97 Å². The van der Waals surface area contributed by atoms with Gasteiger partial charge in [-0.15, -0.1) is 0 Å². The van der Waals surface area contributed by atoms with Crippen LogP contribution >= 0.6 is 0 Å². The zero-order chi connectivity index (χ0) is 24.4. The first-order valence-electron chi connectivity index (χ1n) is 13.0. The molecule has 0 saturated heterocycles. The molecule has 0 amide bonds. The van der Waals surface area contributed by atoms with Crippen LogP contribution < -0.4 is 4.74 Å². The van der Waals surface area contributed by atoms with E-state index in [-0.39, 0.29) is 0 Å². The number of hydrogen-bond acceptors (Lipinski definition) is 5. The predicted molar refractivity (Wildman–Crippen MR) is 136 cm³/mol. The second-order valence-corrected chi connectivity index (χ2v) is 8.83. The Morgan fingerprint density at radius 3 is 2.12 bits per heavy atom. The van der Waals surface area contributed by atoms with Gasteiger partial charge < -0.3 is 14.6 Å². The summed E-state index contributed by atoms with van der Waals surface area (Å²) in [5, 5.41) is 9.69. The maximum absolute atomic E-state index is 11.8. The summed E-state index contributed by atoms with van der Waals surface area (Å²) in [4.78, 5) is 20.6. The van der Waals surface area contributed by atoms with Gasteiger partial charge in [0.1, 0.15) is 0 Å². The molecule has 6 nitrogen and oxygen atoms in total. The molecule has 0 spiro atoms. The van der Waals surface area contributed by atoms with Gasteiger partial charge in [0.2, 0.25) is 0 Å². The van der Waals surface area contributed by atoms with E-state index in [1.807, 2.05) is 24.3 Å². The molecule has 0 aliphatic carbocycles. The molecule has 6 heteroatoms. The zero-order valence-corrected chi connectivity index (χ0v) is 21.0. The van der Waals surface area contributed by atoms with Crippen LogP contribution in [0.15, 0.2) is 36.7 Å². The van der Waals surface area contributed by atoms with Gasteiger partial charge in [0.05, 0.1) is 24.9 Å². The van der Waals surface area contributed by atoms with Crippen LogP contribution in [0.5, 0.6) is 5.75 Å². The van der Waals surface area contributed by atoms with E-state index >= 15 is 0 Å². The molecule has 2 aromatic rings. The molecule has 0 radical (unpaired) electrons. The van der Waals surface area contributed by atoms with Crippen LogP contribution in [0.2, 0.25) is 0 Å². The van der Waals surface area contributed by atoms with Crippen LogP contribution in [0.1, 0.15) is 96.0 Å². The lowest BCUT2D eigenvalue weighted by Gasteiger charge is -2.13. The molecule has 2 rings (SSSR count). The number of aliphatic carboxylic acids is 1. The number of rotatable bonds is 19. The molecule has 188 valence electrons. The molecule has 1 aromatic carbocycles. The third-order valence-electron chi connectivity index (χ3n) is 5.94. The summed E-state index contributed by atoms with van der Waals surface area (Å²) in [6, 6.07) is 7.59. The summed E-state index contributed by atoms with van der Waals surface area (Å²) >= 11 is 0. The largest absolute Gasteiger partial charge is 0.490 e. The topological polar surface area (TPSA) is 81.5 Å². The van der Waals surface area contributed by atoms with Crippen LogP contribution in [0.25, 0.3) is 11.4 Å². The standard InChI is InChI=1S/C28H42N2O4/c1-3-5-7-8-9-10-13-26(28(31)32)23-14-16-24(17-15-23)27-29-21-25(22-30-27)34-20-12-11-19-33-18-6-4-2/h14-17,21-22,26H,3-13,18-20H2,1-2H3,(H,31,32). The van der Waals surface area contributed by atoms with E-state index < -0.39 is 11.9 Å². The maximum atomic E-state index is 11.8. The highest BCUT2D eigenvalue weighted by Gasteiger charge is 2.19. The first-order valence-corrected chi connectivity index (χ1v) is 13.0. The number of nitrogens with zero attached hydrogens (tertiary/aromatic N) is 2. The Balaban J connectivity index is 1.78. The summed E-state index contributed by atoms with van der Waals surface area (Å²) in [7, 11) is 0. The van der Waals surface area contributed by atoms with Crippen LogP contribution in [-0.2, 0) is 9.53 Å². The van der Waals surface area contributed by atoms with Gasteiger partial charge in [-0.2, -0.15) is 0 Å². The van der Waals surface area contributed by atoms with Crippen LogP contribution in [-0.4, -0.2) is 40.9 Å². The number of carboxylic acids is 1. The third kappa shape index (κ3) is 10.6. The van der Waals surface area contributed by atoms with Crippen LogP contribution in [0.3, 0.4) is 0 Å². The van der Waals surface area contributed by atoms with Crippen molar-refractivity contribution in [1.29, 1.82) is 0 Å². The highest BCUT2D eigenvalue weighted by atomic mass is 16.5. The Labute approximate surface area is 205 Å². The van der Waals surface area contributed by atoms with E-state index in [9.17, 15) is 9.90 Å². The van der Waals surface area contributed by atoms with Crippen LogP contribution in [0, 0.1) is 0 Å². The molecular weight excluding hydrogens is 428 g/mol. The lowest BCUT2D eigenvalue weighted by molar-refractivity contribution is -0.139. The highest BCUT2D eigenvalue weighted by Crippen LogP contribution is 2.26. The zero-order valence-electron chi connectivity index (χ0n) is 21.0. The SMILES string of the molecule is CCCCCCCCC(C(=O)O)c1ccc(-c2ncc(OCCCCOCCCC)cn2)cc1. The summed E-state index contributed by atoms with van der Waals surface area (Å²) in [5.41, 5.74) is 1.70. The molecule has 0 bridgehead atoms. The molecule has 0 saturated carbocycles. The molecular formula is C28H42N2O4. The van der Waals surface area contributed by atoms with Crippen molar-refractivity contribution >= 4 is 5.97 Å². The van der Waals surface area contributed by atoms with Crippen molar-refractivity contribution in [2.75, 3.05) is 19.8 Å². The Kier molecular flexibility index (Phi) is 13.9. The summed E-state index contributed by atoms with van der Waals surface area (Å²) in [6.07, 6.45) is 15.2.